The SMILES string of the molecule is CCCCN1C(=O)CN(CO)CC1=O. The molecule has 80 valence electrons. The molecule has 0 unspecified atom stereocenters. The van der Waals surface area contributed by atoms with Crippen molar-refractivity contribution in [2.45, 2.75) is 19.8 Å². The van der Waals surface area contributed by atoms with E-state index in [2.05, 4.69) is 0 Å². The molecule has 0 bridgehead atoms. The molecule has 2 amide bonds. The standard InChI is InChI=1S/C9H16N2O3/c1-2-3-4-11-8(13)5-10(7-12)6-9(11)14/h12H,2-7H2,1H3. The minimum atomic E-state index is -0.237. The van der Waals surface area contributed by atoms with Crippen molar-refractivity contribution in [2.24, 2.45) is 0 Å². The lowest BCUT2D eigenvalue weighted by atomic mass is 10.2. The van der Waals surface area contributed by atoms with Gasteiger partial charge in [0.1, 0.15) is 0 Å². The van der Waals surface area contributed by atoms with Crippen LogP contribution in [0.3, 0.4) is 0 Å². The highest BCUT2D eigenvalue weighted by atomic mass is 16.3. The second kappa shape index (κ2) is 5.07. The Morgan fingerprint density at radius 2 is 1.86 bits per heavy atom. The molecular formula is C9H16N2O3. The van der Waals surface area contributed by atoms with Gasteiger partial charge in [-0.15, -0.1) is 0 Å². The molecule has 0 radical (unpaired) electrons. The van der Waals surface area contributed by atoms with Gasteiger partial charge in [-0.1, -0.05) is 13.3 Å². The average Bonchev–Trinajstić information content (AvgIpc) is 2.16. The molecule has 0 atom stereocenters. The van der Waals surface area contributed by atoms with Crippen LogP contribution in [0.25, 0.3) is 0 Å². The van der Waals surface area contributed by atoms with Gasteiger partial charge >= 0.3 is 0 Å². The van der Waals surface area contributed by atoms with E-state index in [4.69, 9.17) is 5.11 Å². The third-order valence-corrected chi connectivity index (χ3v) is 2.26. The first-order valence-corrected chi connectivity index (χ1v) is 4.85. The van der Waals surface area contributed by atoms with Crippen LogP contribution in [0.5, 0.6) is 0 Å². The molecule has 1 heterocycles. The molecule has 1 aliphatic rings. The second-order valence-corrected chi connectivity index (χ2v) is 3.42. The van der Waals surface area contributed by atoms with Crippen LogP contribution < -0.4 is 0 Å². The zero-order valence-corrected chi connectivity index (χ0v) is 8.40. The first kappa shape index (κ1) is 11.1. The van der Waals surface area contributed by atoms with Crippen LogP contribution in [0.1, 0.15) is 19.8 Å². The Bertz CT molecular complexity index is 212. The van der Waals surface area contributed by atoms with Crippen LogP contribution in [-0.2, 0) is 9.59 Å². The highest BCUT2D eigenvalue weighted by Crippen LogP contribution is 2.05. The van der Waals surface area contributed by atoms with Gasteiger partial charge in [0.25, 0.3) is 0 Å². The summed E-state index contributed by atoms with van der Waals surface area (Å²) in [4.78, 5) is 25.6. The van der Waals surface area contributed by atoms with Gasteiger partial charge in [0, 0.05) is 6.54 Å². The minimum Gasteiger partial charge on any atom is -0.381 e. The second-order valence-electron chi connectivity index (χ2n) is 3.42. The lowest BCUT2D eigenvalue weighted by molar-refractivity contribution is -0.153. The molecule has 14 heavy (non-hydrogen) atoms. The Kier molecular flexibility index (Phi) is 4.03. The molecular weight excluding hydrogens is 184 g/mol. The van der Waals surface area contributed by atoms with Gasteiger partial charge in [-0.3, -0.25) is 19.4 Å². The molecule has 1 rings (SSSR count). The summed E-state index contributed by atoms with van der Waals surface area (Å²) in [6.07, 6.45) is 1.80. The van der Waals surface area contributed by atoms with E-state index in [9.17, 15) is 9.59 Å². The molecule has 0 aromatic heterocycles. The first-order valence-electron chi connectivity index (χ1n) is 4.85. The minimum absolute atomic E-state index is 0.145. The monoisotopic (exact) mass is 200 g/mol. The zero-order chi connectivity index (χ0) is 10.6. The summed E-state index contributed by atoms with van der Waals surface area (Å²) in [5, 5.41) is 8.79. The molecule has 0 aliphatic carbocycles. The Labute approximate surface area is 83.3 Å². The molecule has 1 fully saturated rings. The van der Waals surface area contributed by atoms with E-state index < -0.39 is 0 Å². The van der Waals surface area contributed by atoms with Crippen molar-refractivity contribution in [1.82, 2.24) is 9.80 Å². The Balaban J connectivity index is 2.52. The smallest absolute Gasteiger partial charge is 0.243 e. The predicted octanol–water partition coefficient (Wildman–Crippen LogP) is -0.593. The summed E-state index contributed by atoms with van der Waals surface area (Å²) < 4.78 is 0. The summed E-state index contributed by atoms with van der Waals surface area (Å²) in [5.41, 5.74) is 0. The first-order chi connectivity index (χ1) is 6.69. The zero-order valence-electron chi connectivity index (χ0n) is 8.40. The molecule has 5 nitrogen and oxygen atoms in total. The van der Waals surface area contributed by atoms with Gasteiger partial charge in [0.05, 0.1) is 19.8 Å². The summed E-state index contributed by atoms with van der Waals surface area (Å²) in [6.45, 7) is 2.57. The average molecular weight is 200 g/mol. The van der Waals surface area contributed by atoms with Crippen LogP contribution in [0.2, 0.25) is 0 Å². The fourth-order valence-corrected chi connectivity index (χ4v) is 1.41. The summed E-state index contributed by atoms with van der Waals surface area (Å²) in [6, 6.07) is 0. The number of nitrogens with zero attached hydrogens (tertiary/aromatic N) is 2. The number of hydrogen-bond donors (Lipinski definition) is 1. The van der Waals surface area contributed by atoms with Crippen molar-refractivity contribution >= 4 is 11.8 Å². The number of amides is 2. The summed E-state index contributed by atoms with van der Waals surface area (Å²) in [5.74, 6) is -0.410. The normalized spacial score (nSPS) is 19.1. The van der Waals surface area contributed by atoms with Crippen molar-refractivity contribution in [1.29, 1.82) is 0 Å². The van der Waals surface area contributed by atoms with Crippen LogP contribution in [0.4, 0.5) is 0 Å². The highest BCUT2D eigenvalue weighted by molar-refractivity contribution is 5.99. The summed E-state index contributed by atoms with van der Waals surface area (Å²) in [7, 11) is 0. The highest BCUT2D eigenvalue weighted by Gasteiger charge is 2.29. The molecule has 1 saturated heterocycles. The molecule has 5 heteroatoms. The van der Waals surface area contributed by atoms with Gasteiger partial charge in [0.2, 0.25) is 11.8 Å². The van der Waals surface area contributed by atoms with Gasteiger partial charge in [0.15, 0.2) is 0 Å². The van der Waals surface area contributed by atoms with Crippen LogP contribution >= 0.6 is 0 Å². The number of piperazine rings is 1. The van der Waals surface area contributed by atoms with Crippen molar-refractivity contribution in [2.75, 3.05) is 26.4 Å². The Hall–Kier alpha value is -0.940. The molecule has 0 aromatic rings. The van der Waals surface area contributed by atoms with E-state index in [0.29, 0.717) is 6.54 Å². The molecule has 0 saturated carbocycles. The van der Waals surface area contributed by atoms with Crippen molar-refractivity contribution in [3.63, 3.8) is 0 Å². The molecule has 1 N–H and O–H groups in total. The lowest BCUT2D eigenvalue weighted by Crippen LogP contribution is -2.54. The predicted molar refractivity (Wildman–Crippen MR) is 50.3 cm³/mol. The maximum absolute atomic E-state index is 11.4. The van der Waals surface area contributed by atoms with E-state index >= 15 is 0 Å². The third kappa shape index (κ3) is 2.52. The maximum atomic E-state index is 11.4. The van der Waals surface area contributed by atoms with Gasteiger partial charge in [-0.25, -0.2) is 0 Å². The quantitative estimate of drug-likeness (QED) is 0.616. The van der Waals surface area contributed by atoms with Gasteiger partial charge in [-0.2, -0.15) is 0 Å². The lowest BCUT2D eigenvalue weighted by Gasteiger charge is -2.31. The van der Waals surface area contributed by atoms with E-state index in [0.717, 1.165) is 12.8 Å². The third-order valence-electron chi connectivity index (χ3n) is 2.26. The number of aliphatic hydroxyl groups is 1. The number of imide groups is 1. The van der Waals surface area contributed by atoms with Crippen LogP contribution in [0.15, 0.2) is 0 Å². The van der Waals surface area contributed by atoms with E-state index in [-0.39, 0.29) is 31.6 Å². The Morgan fingerprint density at radius 3 is 2.29 bits per heavy atom. The van der Waals surface area contributed by atoms with Crippen LogP contribution in [0, 0.1) is 0 Å². The number of unbranched alkanes of at least 4 members (excludes halogenated alkanes) is 1. The molecule has 1 aliphatic heterocycles. The van der Waals surface area contributed by atoms with Crippen LogP contribution in [-0.4, -0.2) is 53.1 Å². The van der Waals surface area contributed by atoms with E-state index in [1.165, 1.54) is 9.80 Å². The fraction of sp³-hybridized carbons (Fsp3) is 0.778. The van der Waals surface area contributed by atoms with E-state index in [1.807, 2.05) is 6.92 Å². The topological polar surface area (TPSA) is 60.9 Å². The van der Waals surface area contributed by atoms with Gasteiger partial charge < -0.3 is 5.11 Å². The molecule has 0 spiro atoms. The molecule has 0 aromatic carbocycles. The summed E-state index contributed by atoms with van der Waals surface area (Å²) >= 11 is 0. The number of carbonyl (C=O) groups excluding carboxylic acids is 2. The van der Waals surface area contributed by atoms with Crippen molar-refractivity contribution in [3.8, 4) is 0 Å². The largest absolute Gasteiger partial charge is 0.381 e. The maximum Gasteiger partial charge on any atom is 0.243 e. The van der Waals surface area contributed by atoms with Crippen molar-refractivity contribution < 1.29 is 14.7 Å². The fourth-order valence-electron chi connectivity index (χ4n) is 1.41. The Morgan fingerprint density at radius 1 is 1.29 bits per heavy atom. The number of carbonyl (C=O) groups is 2. The van der Waals surface area contributed by atoms with Gasteiger partial charge in [-0.05, 0) is 6.42 Å². The van der Waals surface area contributed by atoms with Crippen molar-refractivity contribution in [3.05, 3.63) is 0 Å². The number of rotatable bonds is 4. The van der Waals surface area contributed by atoms with E-state index in [1.54, 1.807) is 0 Å². The number of hydrogen-bond acceptors (Lipinski definition) is 4. The number of aliphatic hydroxyl groups excluding tert-OH is 1.